The summed E-state index contributed by atoms with van der Waals surface area (Å²) in [7, 11) is 0. The van der Waals surface area contributed by atoms with Crippen molar-refractivity contribution in [1.29, 1.82) is 0 Å². The molecule has 1 N–H and O–H groups in total. The predicted octanol–water partition coefficient (Wildman–Crippen LogP) is 2.60. The summed E-state index contributed by atoms with van der Waals surface area (Å²) in [5.74, 6) is 0. The second-order valence-electron chi connectivity index (χ2n) is 4.21. The maximum atomic E-state index is 10.2. The van der Waals surface area contributed by atoms with Gasteiger partial charge in [-0.05, 0) is 18.2 Å². The van der Waals surface area contributed by atoms with Crippen molar-refractivity contribution in [3.63, 3.8) is 0 Å². The van der Waals surface area contributed by atoms with Gasteiger partial charge in [-0.2, -0.15) is 5.10 Å². The molecule has 0 bridgehead atoms. The Labute approximate surface area is 115 Å². The Morgan fingerprint density at radius 1 is 1.21 bits per heavy atom. The molecule has 1 atom stereocenters. The fraction of sp³-hybridized carbons (Fsp3) is 0.143. The molecule has 0 amide bonds. The third-order valence-corrected chi connectivity index (χ3v) is 3.65. The summed E-state index contributed by atoms with van der Waals surface area (Å²) in [5, 5.41) is 14.6. The van der Waals surface area contributed by atoms with E-state index >= 15 is 0 Å². The van der Waals surface area contributed by atoms with Crippen LogP contribution in [-0.2, 0) is 6.42 Å². The molecule has 2 heterocycles. The summed E-state index contributed by atoms with van der Waals surface area (Å²) in [6, 6.07) is 11.7. The minimum absolute atomic E-state index is 0.552. The lowest BCUT2D eigenvalue weighted by Crippen LogP contribution is -2.03. The Balaban J connectivity index is 1.78. The van der Waals surface area contributed by atoms with Crippen LogP contribution >= 0.6 is 11.3 Å². The van der Waals surface area contributed by atoms with Crippen molar-refractivity contribution < 1.29 is 5.11 Å². The zero-order valence-electron chi connectivity index (χ0n) is 10.2. The van der Waals surface area contributed by atoms with E-state index in [4.69, 9.17) is 0 Å². The van der Waals surface area contributed by atoms with E-state index in [2.05, 4.69) is 10.1 Å². The number of thiazole rings is 1. The summed E-state index contributed by atoms with van der Waals surface area (Å²) < 4.78 is 1.77. The highest BCUT2D eigenvalue weighted by molar-refractivity contribution is 7.09. The largest absolute Gasteiger partial charge is 0.386 e. The SMILES string of the molecule is OC(Cc1cncs1)c1ccn(-c2ccccc2)n1. The van der Waals surface area contributed by atoms with Gasteiger partial charge in [-0.15, -0.1) is 11.3 Å². The van der Waals surface area contributed by atoms with Crippen molar-refractivity contribution in [3.8, 4) is 5.69 Å². The predicted molar refractivity (Wildman–Crippen MR) is 74.3 cm³/mol. The quantitative estimate of drug-likeness (QED) is 0.793. The first-order valence-corrected chi connectivity index (χ1v) is 6.87. The number of nitrogens with zero attached hydrogens (tertiary/aromatic N) is 3. The number of hydrogen-bond donors (Lipinski definition) is 1. The highest BCUT2D eigenvalue weighted by atomic mass is 32.1. The van der Waals surface area contributed by atoms with Gasteiger partial charge in [-0.1, -0.05) is 18.2 Å². The zero-order chi connectivity index (χ0) is 13.1. The first-order chi connectivity index (χ1) is 9.33. The summed E-state index contributed by atoms with van der Waals surface area (Å²) in [6.45, 7) is 0. The van der Waals surface area contributed by atoms with Gasteiger partial charge < -0.3 is 5.11 Å². The number of para-hydroxylation sites is 1. The zero-order valence-corrected chi connectivity index (χ0v) is 11.0. The Hall–Kier alpha value is -1.98. The number of aliphatic hydroxyl groups excluding tert-OH is 1. The van der Waals surface area contributed by atoms with Crippen LogP contribution in [0.4, 0.5) is 0 Å². The van der Waals surface area contributed by atoms with Gasteiger partial charge in [-0.25, -0.2) is 4.68 Å². The van der Waals surface area contributed by atoms with Gasteiger partial charge in [0.1, 0.15) is 6.10 Å². The van der Waals surface area contributed by atoms with Crippen molar-refractivity contribution in [2.45, 2.75) is 12.5 Å². The second kappa shape index (κ2) is 5.34. The normalized spacial score (nSPS) is 12.5. The smallest absolute Gasteiger partial charge is 0.103 e. The summed E-state index contributed by atoms with van der Waals surface area (Å²) in [6.07, 6.45) is 3.60. The molecule has 0 spiro atoms. The first kappa shape index (κ1) is 12.1. The van der Waals surface area contributed by atoms with Crippen LogP contribution in [0.3, 0.4) is 0 Å². The molecule has 1 aromatic carbocycles. The van der Waals surface area contributed by atoms with E-state index in [1.165, 1.54) is 0 Å². The van der Waals surface area contributed by atoms with E-state index in [0.29, 0.717) is 12.1 Å². The summed E-state index contributed by atoms with van der Waals surface area (Å²) in [5.41, 5.74) is 3.43. The van der Waals surface area contributed by atoms with Gasteiger partial charge in [0.2, 0.25) is 0 Å². The maximum absolute atomic E-state index is 10.2. The van der Waals surface area contributed by atoms with Crippen LogP contribution in [-0.4, -0.2) is 19.9 Å². The van der Waals surface area contributed by atoms with Crippen LogP contribution in [0.1, 0.15) is 16.7 Å². The fourth-order valence-electron chi connectivity index (χ4n) is 1.88. The van der Waals surface area contributed by atoms with Gasteiger partial charge >= 0.3 is 0 Å². The molecule has 2 aromatic heterocycles. The highest BCUT2D eigenvalue weighted by Crippen LogP contribution is 2.19. The number of rotatable bonds is 4. The molecule has 0 fully saturated rings. The molecule has 19 heavy (non-hydrogen) atoms. The third kappa shape index (κ3) is 2.72. The molecule has 0 aliphatic heterocycles. The lowest BCUT2D eigenvalue weighted by Gasteiger charge is -2.05. The minimum Gasteiger partial charge on any atom is -0.386 e. The Bertz CT molecular complexity index is 634. The van der Waals surface area contributed by atoms with Crippen molar-refractivity contribution in [2.24, 2.45) is 0 Å². The average molecular weight is 271 g/mol. The molecular formula is C14H13N3OS. The summed E-state index contributed by atoms with van der Waals surface area (Å²) >= 11 is 1.54. The molecule has 4 nitrogen and oxygen atoms in total. The van der Waals surface area contributed by atoms with Crippen molar-refractivity contribution in [1.82, 2.24) is 14.8 Å². The number of aliphatic hydroxyl groups is 1. The van der Waals surface area contributed by atoms with Gasteiger partial charge in [0.25, 0.3) is 0 Å². The lowest BCUT2D eigenvalue weighted by molar-refractivity contribution is 0.174. The second-order valence-corrected chi connectivity index (χ2v) is 5.18. The molecule has 0 saturated carbocycles. The van der Waals surface area contributed by atoms with E-state index in [9.17, 15) is 5.11 Å². The standard InChI is InChI=1S/C14H13N3OS/c18-14(8-12-9-15-10-19-12)13-6-7-17(16-13)11-4-2-1-3-5-11/h1-7,9-10,14,18H,8H2. The van der Waals surface area contributed by atoms with Crippen molar-refractivity contribution >= 4 is 11.3 Å². The molecule has 3 aromatic rings. The molecule has 96 valence electrons. The molecule has 0 aliphatic carbocycles. The van der Waals surface area contributed by atoms with Crippen molar-refractivity contribution in [2.75, 3.05) is 0 Å². The van der Waals surface area contributed by atoms with Crippen LogP contribution in [0.15, 0.2) is 54.3 Å². The Morgan fingerprint density at radius 3 is 2.79 bits per heavy atom. The molecule has 5 heteroatoms. The van der Waals surface area contributed by atoms with E-state index < -0.39 is 6.10 Å². The van der Waals surface area contributed by atoms with Gasteiger partial charge in [0.15, 0.2) is 0 Å². The fourth-order valence-corrected chi connectivity index (χ4v) is 2.51. The Kier molecular flexibility index (Phi) is 3.39. The lowest BCUT2D eigenvalue weighted by atomic mass is 10.2. The molecule has 0 saturated heterocycles. The van der Waals surface area contributed by atoms with E-state index in [0.717, 1.165) is 10.6 Å². The van der Waals surface area contributed by atoms with E-state index in [1.54, 1.807) is 27.7 Å². The highest BCUT2D eigenvalue weighted by Gasteiger charge is 2.13. The van der Waals surface area contributed by atoms with Gasteiger partial charge in [0.05, 0.1) is 16.9 Å². The monoisotopic (exact) mass is 271 g/mol. The third-order valence-electron chi connectivity index (χ3n) is 2.85. The van der Waals surface area contributed by atoms with Gasteiger partial charge in [0, 0.05) is 23.7 Å². The van der Waals surface area contributed by atoms with Crippen LogP contribution in [0.2, 0.25) is 0 Å². The molecular weight excluding hydrogens is 258 g/mol. The number of hydrogen-bond acceptors (Lipinski definition) is 4. The van der Waals surface area contributed by atoms with Crippen LogP contribution in [0.25, 0.3) is 5.69 Å². The molecule has 0 aliphatic rings. The maximum Gasteiger partial charge on any atom is 0.103 e. The van der Waals surface area contributed by atoms with Crippen LogP contribution < -0.4 is 0 Å². The van der Waals surface area contributed by atoms with E-state index in [-0.39, 0.29) is 0 Å². The number of benzene rings is 1. The minimum atomic E-state index is -0.592. The summed E-state index contributed by atoms with van der Waals surface area (Å²) in [4.78, 5) is 5.06. The van der Waals surface area contributed by atoms with Crippen LogP contribution in [0.5, 0.6) is 0 Å². The Morgan fingerprint density at radius 2 is 2.05 bits per heavy atom. The van der Waals surface area contributed by atoms with E-state index in [1.807, 2.05) is 42.6 Å². The molecule has 0 radical (unpaired) electrons. The first-order valence-electron chi connectivity index (χ1n) is 5.99. The number of aromatic nitrogens is 3. The van der Waals surface area contributed by atoms with Gasteiger partial charge in [-0.3, -0.25) is 4.98 Å². The van der Waals surface area contributed by atoms with Crippen molar-refractivity contribution in [3.05, 3.63) is 64.9 Å². The molecule has 3 rings (SSSR count). The van der Waals surface area contributed by atoms with Crippen LogP contribution in [0, 0.1) is 0 Å². The molecule has 1 unspecified atom stereocenters. The average Bonchev–Trinajstić information content (AvgIpc) is 3.10. The topological polar surface area (TPSA) is 50.9 Å².